The number of nitrogens with one attached hydrogen (secondary N) is 2. The van der Waals surface area contributed by atoms with Gasteiger partial charge in [0, 0.05) is 38.7 Å². The maximum Gasteiger partial charge on any atom is 0.412 e. The topological polar surface area (TPSA) is 126 Å². The van der Waals surface area contributed by atoms with Gasteiger partial charge in [-0.2, -0.15) is 5.10 Å². The fraction of sp³-hybridized carbons (Fsp3) is 0.250. The van der Waals surface area contributed by atoms with E-state index in [1.165, 1.54) is 10.7 Å². The number of aryl methyl sites for hydroxylation is 1. The van der Waals surface area contributed by atoms with Gasteiger partial charge in [-0.05, 0) is 34.2 Å². The number of carboxylic acids is 1. The fourth-order valence-electron chi connectivity index (χ4n) is 5.96. The van der Waals surface area contributed by atoms with Crippen LogP contribution in [0, 0.1) is 0 Å². The van der Waals surface area contributed by atoms with E-state index < -0.39 is 23.5 Å². The van der Waals surface area contributed by atoms with E-state index in [-0.39, 0.29) is 37.0 Å². The molecule has 214 valence electrons. The van der Waals surface area contributed by atoms with Crippen LogP contribution in [-0.4, -0.2) is 63.0 Å². The zero-order valence-electron chi connectivity index (χ0n) is 23.1. The second-order valence-electron chi connectivity index (χ2n) is 10.8. The molecular weight excluding hydrogens is 534 g/mol. The summed E-state index contributed by atoms with van der Waals surface area (Å²) in [6.07, 6.45) is -0.430. The summed E-state index contributed by atoms with van der Waals surface area (Å²) in [5.41, 5.74) is 4.22. The second kappa shape index (κ2) is 11.1. The molecule has 42 heavy (non-hydrogen) atoms. The van der Waals surface area contributed by atoms with Crippen LogP contribution in [0.3, 0.4) is 0 Å². The predicted molar refractivity (Wildman–Crippen MR) is 156 cm³/mol. The second-order valence-corrected chi connectivity index (χ2v) is 10.8. The van der Waals surface area contributed by atoms with Crippen molar-refractivity contribution < 1.29 is 24.2 Å². The number of hydrogen-bond acceptors (Lipinski definition) is 6. The van der Waals surface area contributed by atoms with E-state index in [0.717, 1.165) is 27.8 Å². The van der Waals surface area contributed by atoms with Gasteiger partial charge in [-0.15, -0.1) is 0 Å². The molecule has 3 N–H and O–H groups in total. The molecule has 0 radical (unpaired) electrons. The van der Waals surface area contributed by atoms with E-state index in [9.17, 15) is 19.5 Å². The number of aliphatic carboxylic acids is 1. The number of amides is 2. The van der Waals surface area contributed by atoms with Crippen LogP contribution in [0.2, 0.25) is 0 Å². The minimum absolute atomic E-state index is 0.0895. The Kier molecular flexibility index (Phi) is 7.22. The van der Waals surface area contributed by atoms with E-state index in [1.807, 2.05) is 71.6 Å². The zero-order valence-corrected chi connectivity index (χ0v) is 23.1. The lowest BCUT2D eigenvalue weighted by Crippen LogP contribution is -2.56. The molecule has 0 spiro atoms. The Morgan fingerprint density at radius 3 is 2.29 bits per heavy atom. The van der Waals surface area contributed by atoms with Gasteiger partial charge >= 0.3 is 12.1 Å². The van der Waals surface area contributed by atoms with Gasteiger partial charge in [-0.25, -0.2) is 9.59 Å². The number of rotatable bonds is 8. The first-order valence-corrected chi connectivity index (χ1v) is 13.8. The molecule has 4 aromatic rings. The first kappa shape index (κ1) is 27.2. The molecule has 6 rings (SSSR count). The molecule has 2 amide bonds. The van der Waals surface area contributed by atoms with Crippen LogP contribution in [0.4, 0.5) is 10.6 Å². The van der Waals surface area contributed by atoms with Crippen LogP contribution < -0.4 is 10.6 Å². The van der Waals surface area contributed by atoms with Crippen LogP contribution >= 0.6 is 0 Å². The van der Waals surface area contributed by atoms with Crippen molar-refractivity contribution in [1.29, 1.82) is 0 Å². The number of fused-ring (bicyclic) bond motifs is 3. The summed E-state index contributed by atoms with van der Waals surface area (Å²) in [6, 6.07) is 27.3. The minimum Gasteiger partial charge on any atom is -0.479 e. The summed E-state index contributed by atoms with van der Waals surface area (Å²) in [6.45, 7) is 1.43. The Morgan fingerprint density at radius 2 is 1.62 bits per heavy atom. The van der Waals surface area contributed by atoms with Gasteiger partial charge in [-0.3, -0.25) is 19.7 Å². The van der Waals surface area contributed by atoms with Crippen molar-refractivity contribution in [2.45, 2.75) is 24.4 Å². The third-order valence-electron chi connectivity index (χ3n) is 8.05. The molecule has 1 atom stereocenters. The molecule has 2 heterocycles. The van der Waals surface area contributed by atoms with Crippen LogP contribution in [0.1, 0.15) is 39.5 Å². The van der Waals surface area contributed by atoms with Crippen LogP contribution in [-0.2, 0) is 23.1 Å². The van der Waals surface area contributed by atoms with E-state index >= 15 is 0 Å². The van der Waals surface area contributed by atoms with Crippen molar-refractivity contribution in [2.75, 3.05) is 25.0 Å². The molecule has 10 nitrogen and oxygen atoms in total. The Labute approximate surface area is 242 Å². The maximum absolute atomic E-state index is 13.2. The molecule has 0 bridgehead atoms. The van der Waals surface area contributed by atoms with Crippen LogP contribution in [0.25, 0.3) is 11.1 Å². The van der Waals surface area contributed by atoms with Crippen molar-refractivity contribution in [1.82, 2.24) is 20.0 Å². The number of aromatic nitrogens is 2. The van der Waals surface area contributed by atoms with Gasteiger partial charge < -0.3 is 15.2 Å². The van der Waals surface area contributed by atoms with E-state index in [2.05, 4.69) is 27.9 Å². The molecule has 1 aliphatic heterocycles. The smallest absolute Gasteiger partial charge is 0.412 e. The number of hydrogen-bond donors (Lipinski definition) is 3. The summed E-state index contributed by atoms with van der Waals surface area (Å²) in [5.74, 6) is -1.64. The average Bonchev–Trinajstić information content (AvgIpc) is 3.66. The number of ether oxygens (including phenoxy) is 1. The number of nitrogens with zero attached hydrogens (tertiary/aromatic N) is 3. The Balaban J connectivity index is 1.09. The highest BCUT2D eigenvalue weighted by atomic mass is 16.5. The predicted octanol–water partition coefficient (Wildman–Crippen LogP) is 4.24. The highest BCUT2D eigenvalue weighted by molar-refractivity contribution is 5.98. The van der Waals surface area contributed by atoms with Crippen molar-refractivity contribution in [3.05, 3.63) is 107 Å². The lowest BCUT2D eigenvalue weighted by Gasteiger charge is -2.26. The van der Waals surface area contributed by atoms with Gasteiger partial charge in [-0.1, -0.05) is 78.9 Å². The Hall–Kier alpha value is -4.96. The normalized spacial score (nSPS) is 17.8. The molecule has 3 aromatic carbocycles. The SMILES string of the molecule is Cn1nc(NC(=O)OCC2c3ccccc3-c3ccccc32)cc1C(=O)NC1(C(=O)O)CCN(Cc2ccccc2)C1. The summed E-state index contributed by atoms with van der Waals surface area (Å²) in [5, 5.41) is 19.6. The van der Waals surface area contributed by atoms with Crippen molar-refractivity contribution in [2.24, 2.45) is 7.05 Å². The number of carboxylic acid groups (broad SMARTS) is 1. The quantitative estimate of drug-likeness (QED) is 0.292. The molecule has 1 aliphatic carbocycles. The molecule has 1 aromatic heterocycles. The van der Waals surface area contributed by atoms with Crippen molar-refractivity contribution in [3.8, 4) is 11.1 Å². The third-order valence-corrected chi connectivity index (χ3v) is 8.05. The van der Waals surface area contributed by atoms with Crippen LogP contribution in [0.5, 0.6) is 0 Å². The molecule has 2 aliphatic rings. The third kappa shape index (κ3) is 5.24. The van der Waals surface area contributed by atoms with Crippen molar-refractivity contribution in [3.63, 3.8) is 0 Å². The number of benzene rings is 3. The van der Waals surface area contributed by atoms with Crippen LogP contribution in [0.15, 0.2) is 84.9 Å². The number of carbonyl (C=O) groups is 3. The number of anilines is 1. The lowest BCUT2D eigenvalue weighted by molar-refractivity contribution is -0.144. The Morgan fingerprint density at radius 1 is 0.976 bits per heavy atom. The number of likely N-dealkylation sites (tertiary alicyclic amines) is 1. The van der Waals surface area contributed by atoms with Gasteiger partial charge in [0.05, 0.1) is 0 Å². The summed E-state index contributed by atoms with van der Waals surface area (Å²) < 4.78 is 6.89. The monoisotopic (exact) mass is 565 g/mol. The highest BCUT2D eigenvalue weighted by Gasteiger charge is 2.46. The first-order valence-electron chi connectivity index (χ1n) is 13.8. The van der Waals surface area contributed by atoms with Crippen molar-refractivity contribution >= 4 is 23.8 Å². The summed E-state index contributed by atoms with van der Waals surface area (Å²) in [4.78, 5) is 40.3. The van der Waals surface area contributed by atoms with Gasteiger partial charge in [0.25, 0.3) is 5.91 Å². The molecule has 1 fully saturated rings. The number of carbonyl (C=O) groups excluding carboxylic acids is 2. The van der Waals surface area contributed by atoms with Gasteiger partial charge in [0.1, 0.15) is 12.3 Å². The van der Waals surface area contributed by atoms with E-state index in [0.29, 0.717) is 13.1 Å². The molecule has 1 saturated heterocycles. The summed E-state index contributed by atoms with van der Waals surface area (Å²) >= 11 is 0. The standard InChI is InChI=1S/C32H31N5O5/c1-36-27(29(38)34-32(30(39)40)15-16-37(20-32)18-21-9-3-2-4-10-21)17-28(35-36)33-31(41)42-19-26-24-13-7-5-11-22(24)23-12-6-8-14-25(23)26/h2-14,17,26H,15-16,18-20H2,1H3,(H,34,38)(H,39,40)(H,33,35,41). The fourth-order valence-corrected chi connectivity index (χ4v) is 5.96. The molecule has 10 heteroatoms. The minimum atomic E-state index is -1.43. The van der Waals surface area contributed by atoms with Gasteiger partial charge in [0.15, 0.2) is 11.4 Å². The van der Waals surface area contributed by atoms with E-state index in [4.69, 9.17) is 4.74 Å². The lowest BCUT2D eigenvalue weighted by atomic mass is 9.98. The highest BCUT2D eigenvalue weighted by Crippen LogP contribution is 2.44. The maximum atomic E-state index is 13.2. The molecule has 1 unspecified atom stereocenters. The molecular formula is C32H31N5O5. The van der Waals surface area contributed by atoms with Gasteiger partial charge in [0.2, 0.25) is 0 Å². The zero-order chi connectivity index (χ0) is 29.3. The first-order chi connectivity index (χ1) is 20.3. The molecule has 0 saturated carbocycles. The average molecular weight is 566 g/mol. The summed E-state index contributed by atoms with van der Waals surface area (Å²) in [7, 11) is 1.56. The Bertz CT molecular complexity index is 1610. The van der Waals surface area contributed by atoms with E-state index in [1.54, 1.807) is 7.05 Å². The largest absolute Gasteiger partial charge is 0.479 e.